The maximum atomic E-state index is 10.4. The minimum atomic E-state index is -0.693. The summed E-state index contributed by atoms with van der Waals surface area (Å²) in [5, 5.41) is 10.4. The lowest BCUT2D eigenvalue weighted by Crippen LogP contribution is -2.53. The minimum absolute atomic E-state index is 0.0891. The number of nitrogens with two attached hydrogens (primary N) is 1. The van der Waals surface area contributed by atoms with Crippen molar-refractivity contribution in [1.82, 2.24) is 0 Å². The van der Waals surface area contributed by atoms with Crippen LogP contribution >= 0.6 is 0 Å². The van der Waals surface area contributed by atoms with Crippen molar-refractivity contribution in [2.45, 2.75) is 51.2 Å². The fourth-order valence-corrected chi connectivity index (χ4v) is 2.48. The molecule has 0 amide bonds. The second-order valence-electron chi connectivity index (χ2n) is 5.23. The fourth-order valence-electron chi connectivity index (χ4n) is 2.48. The fraction of sp³-hybridized carbons (Fsp3) is 1.00. The predicted octanol–water partition coefficient (Wildman–Crippen LogP) is 1.54. The first-order valence-corrected chi connectivity index (χ1v) is 5.96. The van der Waals surface area contributed by atoms with Crippen LogP contribution in [0.1, 0.15) is 39.5 Å². The highest BCUT2D eigenvalue weighted by atomic mass is 16.5. The van der Waals surface area contributed by atoms with Crippen molar-refractivity contribution in [1.29, 1.82) is 0 Å². The van der Waals surface area contributed by atoms with E-state index in [1.165, 1.54) is 0 Å². The van der Waals surface area contributed by atoms with Gasteiger partial charge in [0, 0.05) is 26.2 Å². The molecule has 1 aliphatic carbocycles. The molecule has 1 rings (SSSR count). The second-order valence-corrected chi connectivity index (χ2v) is 5.23. The van der Waals surface area contributed by atoms with Crippen molar-refractivity contribution in [3.8, 4) is 0 Å². The van der Waals surface area contributed by atoms with Gasteiger partial charge in [0.15, 0.2) is 0 Å². The van der Waals surface area contributed by atoms with Crippen LogP contribution in [0.15, 0.2) is 0 Å². The smallest absolute Gasteiger partial charge is 0.0820 e. The van der Waals surface area contributed by atoms with Crippen LogP contribution in [-0.4, -0.2) is 30.5 Å². The normalized spacial score (nSPS) is 37.2. The maximum absolute atomic E-state index is 10.4. The van der Waals surface area contributed by atoms with Gasteiger partial charge in [0.25, 0.3) is 0 Å². The van der Waals surface area contributed by atoms with Gasteiger partial charge in [-0.05, 0) is 31.1 Å². The van der Waals surface area contributed by atoms with E-state index in [4.69, 9.17) is 10.5 Å². The van der Waals surface area contributed by atoms with Crippen LogP contribution in [-0.2, 0) is 4.74 Å². The lowest BCUT2D eigenvalue weighted by Gasteiger charge is -2.42. The van der Waals surface area contributed by atoms with E-state index in [2.05, 4.69) is 13.8 Å². The van der Waals surface area contributed by atoms with Gasteiger partial charge in [0.1, 0.15) is 0 Å². The first-order chi connectivity index (χ1) is 6.99. The molecular weight excluding hydrogens is 190 g/mol. The Balaban J connectivity index is 2.50. The summed E-state index contributed by atoms with van der Waals surface area (Å²) in [6.07, 6.45) is 3.51. The van der Waals surface area contributed by atoms with E-state index >= 15 is 0 Å². The molecule has 15 heavy (non-hydrogen) atoms. The largest absolute Gasteiger partial charge is 0.388 e. The molecule has 0 heterocycles. The molecule has 3 heteroatoms. The van der Waals surface area contributed by atoms with E-state index in [-0.39, 0.29) is 6.04 Å². The molecule has 0 radical (unpaired) electrons. The standard InChI is InChI=1S/C12H25NO2/c1-9(2)10-4-5-12(14,6-7-15-3)11(13)8-10/h9-11,14H,4-8,13H2,1-3H3. The van der Waals surface area contributed by atoms with Gasteiger partial charge < -0.3 is 15.6 Å². The average Bonchev–Trinajstić information content (AvgIpc) is 2.19. The molecule has 0 saturated heterocycles. The van der Waals surface area contributed by atoms with Crippen LogP contribution in [0, 0.1) is 11.8 Å². The van der Waals surface area contributed by atoms with Gasteiger partial charge in [-0.15, -0.1) is 0 Å². The third kappa shape index (κ3) is 3.16. The lowest BCUT2D eigenvalue weighted by molar-refractivity contribution is -0.0526. The summed E-state index contributed by atoms with van der Waals surface area (Å²) < 4.78 is 5.02. The molecule has 0 aromatic rings. The summed E-state index contributed by atoms with van der Waals surface area (Å²) in [5.41, 5.74) is 5.38. The Morgan fingerprint density at radius 3 is 2.67 bits per heavy atom. The van der Waals surface area contributed by atoms with Crippen molar-refractivity contribution in [2.75, 3.05) is 13.7 Å². The number of hydrogen-bond acceptors (Lipinski definition) is 3. The quantitative estimate of drug-likeness (QED) is 0.748. The second kappa shape index (κ2) is 5.28. The molecule has 3 unspecified atom stereocenters. The zero-order valence-electron chi connectivity index (χ0n) is 10.2. The summed E-state index contributed by atoms with van der Waals surface area (Å²) in [6.45, 7) is 5.06. The lowest BCUT2D eigenvalue weighted by atomic mass is 9.71. The highest BCUT2D eigenvalue weighted by molar-refractivity contribution is 4.95. The summed E-state index contributed by atoms with van der Waals surface area (Å²) >= 11 is 0. The van der Waals surface area contributed by atoms with E-state index in [9.17, 15) is 5.11 Å². The monoisotopic (exact) mass is 215 g/mol. The predicted molar refractivity (Wildman–Crippen MR) is 61.6 cm³/mol. The molecule has 3 atom stereocenters. The van der Waals surface area contributed by atoms with E-state index < -0.39 is 5.60 Å². The Labute approximate surface area is 93.0 Å². The Kier molecular flexibility index (Phi) is 4.56. The van der Waals surface area contributed by atoms with Gasteiger partial charge in [-0.2, -0.15) is 0 Å². The molecule has 0 aromatic carbocycles. The number of hydrogen-bond donors (Lipinski definition) is 2. The first kappa shape index (κ1) is 12.9. The van der Waals surface area contributed by atoms with Gasteiger partial charge in [0.05, 0.1) is 5.60 Å². The maximum Gasteiger partial charge on any atom is 0.0820 e. The van der Waals surface area contributed by atoms with Crippen molar-refractivity contribution >= 4 is 0 Å². The van der Waals surface area contributed by atoms with Crippen LogP contribution in [0.3, 0.4) is 0 Å². The molecule has 0 spiro atoms. The molecule has 3 nitrogen and oxygen atoms in total. The topological polar surface area (TPSA) is 55.5 Å². The molecule has 1 fully saturated rings. The third-order valence-electron chi connectivity index (χ3n) is 3.88. The van der Waals surface area contributed by atoms with Gasteiger partial charge >= 0.3 is 0 Å². The summed E-state index contributed by atoms with van der Waals surface area (Å²) in [4.78, 5) is 0. The van der Waals surface area contributed by atoms with E-state index in [0.717, 1.165) is 19.3 Å². The molecule has 0 aromatic heterocycles. The number of methoxy groups -OCH3 is 1. The van der Waals surface area contributed by atoms with E-state index in [1.807, 2.05) is 0 Å². The van der Waals surface area contributed by atoms with Gasteiger partial charge in [0.2, 0.25) is 0 Å². The Morgan fingerprint density at radius 2 is 2.20 bits per heavy atom. The van der Waals surface area contributed by atoms with E-state index in [1.54, 1.807) is 7.11 Å². The molecule has 1 saturated carbocycles. The molecular formula is C12H25NO2. The van der Waals surface area contributed by atoms with Crippen molar-refractivity contribution in [2.24, 2.45) is 17.6 Å². The van der Waals surface area contributed by atoms with Crippen LogP contribution in [0.25, 0.3) is 0 Å². The highest BCUT2D eigenvalue weighted by Crippen LogP contribution is 2.36. The van der Waals surface area contributed by atoms with Crippen LogP contribution < -0.4 is 5.73 Å². The first-order valence-electron chi connectivity index (χ1n) is 5.96. The Bertz CT molecular complexity index is 196. The number of ether oxygens (including phenoxy) is 1. The summed E-state index contributed by atoms with van der Waals surface area (Å²) in [6, 6.07) is -0.0891. The molecule has 90 valence electrons. The zero-order chi connectivity index (χ0) is 11.5. The molecule has 0 bridgehead atoms. The number of aliphatic hydroxyl groups is 1. The van der Waals surface area contributed by atoms with Crippen LogP contribution in [0.5, 0.6) is 0 Å². The Hall–Kier alpha value is -0.120. The minimum Gasteiger partial charge on any atom is -0.388 e. The number of rotatable bonds is 4. The summed E-state index contributed by atoms with van der Waals surface area (Å²) in [5.74, 6) is 1.34. The third-order valence-corrected chi connectivity index (χ3v) is 3.88. The summed E-state index contributed by atoms with van der Waals surface area (Å²) in [7, 11) is 1.66. The van der Waals surface area contributed by atoms with Crippen LogP contribution in [0.2, 0.25) is 0 Å². The van der Waals surface area contributed by atoms with E-state index in [0.29, 0.717) is 24.9 Å². The van der Waals surface area contributed by atoms with Crippen molar-refractivity contribution < 1.29 is 9.84 Å². The Morgan fingerprint density at radius 1 is 1.53 bits per heavy atom. The zero-order valence-corrected chi connectivity index (χ0v) is 10.2. The molecule has 0 aliphatic heterocycles. The highest BCUT2D eigenvalue weighted by Gasteiger charge is 2.40. The van der Waals surface area contributed by atoms with Crippen molar-refractivity contribution in [3.05, 3.63) is 0 Å². The van der Waals surface area contributed by atoms with Crippen LogP contribution in [0.4, 0.5) is 0 Å². The van der Waals surface area contributed by atoms with Gasteiger partial charge in [-0.3, -0.25) is 0 Å². The molecule has 1 aliphatic rings. The van der Waals surface area contributed by atoms with Gasteiger partial charge in [-0.25, -0.2) is 0 Å². The SMILES string of the molecule is COCCC1(O)CCC(C(C)C)CC1N. The average molecular weight is 215 g/mol. The molecule has 3 N–H and O–H groups in total. The van der Waals surface area contributed by atoms with Gasteiger partial charge in [-0.1, -0.05) is 13.8 Å². The van der Waals surface area contributed by atoms with Crippen molar-refractivity contribution in [3.63, 3.8) is 0 Å².